The summed E-state index contributed by atoms with van der Waals surface area (Å²) in [5.74, 6) is -5.19. The Kier molecular flexibility index (Phi) is 11.3. The third-order valence-corrected chi connectivity index (χ3v) is 4.08. The summed E-state index contributed by atoms with van der Waals surface area (Å²) in [5, 5.41) is 2.76. The van der Waals surface area contributed by atoms with Gasteiger partial charge in [-0.3, -0.25) is 4.79 Å². The summed E-state index contributed by atoms with van der Waals surface area (Å²) in [6.45, 7) is 4.30. The number of rotatable bonds is 13. The second-order valence-electron chi connectivity index (χ2n) is 7.22. The molecule has 1 aromatic carbocycles. The topological polar surface area (TPSA) is 38.3 Å². The summed E-state index contributed by atoms with van der Waals surface area (Å²) in [4.78, 5) is 11.4. The summed E-state index contributed by atoms with van der Waals surface area (Å²) in [6.07, 6.45) is 6.07. The molecule has 0 heterocycles. The number of carbonyl (C=O) groups excluding carboxylic acids is 1. The fourth-order valence-electron chi connectivity index (χ4n) is 2.43. The van der Waals surface area contributed by atoms with Gasteiger partial charge in [-0.25, -0.2) is 13.2 Å². The number of allylic oxidation sites excluding steroid dienone is 3. The number of benzene rings is 1. The van der Waals surface area contributed by atoms with E-state index in [1.165, 1.54) is 6.08 Å². The first kappa shape index (κ1) is 25.8. The van der Waals surface area contributed by atoms with Gasteiger partial charge in [-0.2, -0.15) is 8.78 Å². The van der Waals surface area contributed by atoms with E-state index in [4.69, 9.17) is 0 Å². The lowest BCUT2D eigenvalue weighted by atomic mass is 10.1. The number of alkyl halides is 2. The lowest BCUT2D eigenvalue weighted by molar-refractivity contribution is -0.250. The number of halogens is 5. The number of ether oxygens (including phenoxy) is 1. The molecule has 1 amide bonds. The first-order chi connectivity index (χ1) is 14.1. The van der Waals surface area contributed by atoms with Crippen LogP contribution in [0, 0.1) is 23.4 Å². The van der Waals surface area contributed by atoms with E-state index < -0.39 is 29.1 Å². The molecule has 1 N–H and O–H groups in total. The minimum Gasteiger partial charge on any atom is -0.352 e. The van der Waals surface area contributed by atoms with E-state index in [0.717, 1.165) is 19.3 Å². The molecule has 1 aromatic rings. The van der Waals surface area contributed by atoms with Crippen LogP contribution in [0.1, 0.15) is 51.5 Å². The Bertz CT molecular complexity index is 732. The van der Waals surface area contributed by atoms with Gasteiger partial charge in [-0.1, -0.05) is 44.9 Å². The predicted octanol–water partition coefficient (Wildman–Crippen LogP) is 6.00. The summed E-state index contributed by atoms with van der Waals surface area (Å²) in [5.41, 5.74) is -1.32. The molecule has 0 spiro atoms. The van der Waals surface area contributed by atoms with E-state index in [1.807, 2.05) is 19.9 Å². The Hall–Kier alpha value is -2.22. The highest BCUT2D eigenvalue weighted by molar-refractivity contribution is 5.87. The van der Waals surface area contributed by atoms with Gasteiger partial charge in [-0.15, -0.1) is 0 Å². The Morgan fingerprint density at radius 1 is 1.07 bits per heavy atom. The van der Waals surface area contributed by atoms with Crippen molar-refractivity contribution in [2.75, 3.05) is 13.2 Å². The number of nitrogens with one attached hydrogen (secondary N) is 1. The lowest BCUT2D eigenvalue weighted by Gasteiger charge is -2.18. The molecule has 0 bridgehead atoms. The fourth-order valence-corrected chi connectivity index (χ4v) is 2.43. The van der Waals surface area contributed by atoms with Crippen molar-refractivity contribution < 1.29 is 31.5 Å². The van der Waals surface area contributed by atoms with Gasteiger partial charge in [0.15, 0.2) is 17.5 Å². The van der Waals surface area contributed by atoms with Gasteiger partial charge >= 0.3 is 6.11 Å². The highest BCUT2D eigenvalue weighted by atomic mass is 19.3. The summed E-state index contributed by atoms with van der Waals surface area (Å²) < 4.78 is 71.4. The summed E-state index contributed by atoms with van der Waals surface area (Å²) in [6, 6.07) is 0.911. The van der Waals surface area contributed by atoms with Crippen LogP contribution in [0.2, 0.25) is 0 Å². The van der Waals surface area contributed by atoms with Gasteiger partial charge in [0.2, 0.25) is 5.91 Å². The smallest absolute Gasteiger partial charge is 0.352 e. The van der Waals surface area contributed by atoms with Crippen molar-refractivity contribution in [3.05, 3.63) is 59.5 Å². The van der Waals surface area contributed by atoms with Crippen molar-refractivity contribution in [3.63, 3.8) is 0 Å². The van der Waals surface area contributed by atoms with Crippen LogP contribution < -0.4 is 5.32 Å². The average molecular weight is 433 g/mol. The Labute approximate surface area is 174 Å². The zero-order chi connectivity index (χ0) is 22.6. The van der Waals surface area contributed by atoms with E-state index in [2.05, 4.69) is 10.1 Å². The second kappa shape index (κ2) is 13.2. The Morgan fingerprint density at radius 2 is 1.77 bits per heavy atom. The molecule has 30 heavy (non-hydrogen) atoms. The Morgan fingerprint density at radius 3 is 2.47 bits per heavy atom. The van der Waals surface area contributed by atoms with Crippen LogP contribution in [0.3, 0.4) is 0 Å². The maximum Gasteiger partial charge on any atom is 0.386 e. The van der Waals surface area contributed by atoms with Gasteiger partial charge in [0.1, 0.15) is 0 Å². The molecule has 168 valence electrons. The molecule has 0 radical (unpaired) electrons. The van der Waals surface area contributed by atoms with Crippen LogP contribution in [0.15, 0.2) is 36.4 Å². The normalized spacial score (nSPS) is 12.4. The maximum absolute atomic E-state index is 13.8. The van der Waals surface area contributed by atoms with Crippen LogP contribution in [0.25, 0.3) is 0 Å². The number of carbonyl (C=O) groups is 1. The minimum atomic E-state index is -4.03. The molecular weight excluding hydrogens is 405 g/mol. The zero-order valence-electron chi connectivity index (χ0n) is 17.2. The van der Waals surface area contributed by atoms with Gasteiger partial charge in [-0.05, 0) is 37.3 Å². The first-order valence-electron chi connectivity index (χ1n) is 9.92. The molecule has 8 heteroatoms. The highest BCUT2D eigenvalue weighted by Crippen LogP contribution is 2.33. The molecule has 0 unspecified atom stereocenters. The molecule has 0 fully saturated rings. The number of hydrogen-bond acceptors (Lipinski definition) is 2. The number of unbranched alkanes of at least 4 members (excludes halogenated alkanes) is 4. The standard InChI is InChI=1S/C22H28F5NO2/c1-16(2)15-28-19(29)11-9-7-5-3-4-6-8-10-14-30-22(26,27)17-12-13-18(23)21(25)20(17)24/h5,7,9,11-13,16H,3-4,6,8,10,14-15H2,1-2H3,(H,28,29)/b7-5+,11-9+. The maximum atomic E-state index is 13.8. The van der Waals surface area contributed by atoms with Crippen LogP contribution in [0.4, 0.5) is 22.0 Å². The van der Waals surface area contributed by atoms with Crippen LogP contribution >= 0.6 is 0 Å². The Balaban J connectivity index is 2.18. The molecule has 0 saturated heterocycles. The average Bonchev–Trinajstić information content (AvgIpc) is 2.68. The third kappa shape index (κ3) is 9.52. The molecule has 0 aliphatic heterocycles. The third-order valence-electron chi connectivity index (χ3n) is 4.08. The van der Waals surface area contributed by atoms with Crippen LogP contribution in [-0.2, 0) is 15.6 Å². The van der Waals surface area contributed by atoms with E-state index in [9.17, 15) is 26.7 Å². The van der Waals surface area contributed by atoms with E-state index in [1.54, 1.807) is 12.2 Å². The van der Waals surface area contributed by atoms with Crippen LogP contribution in [0.5, 0.6) is 0 Å². The first-order valence-corrected chi connectivity index (χ1v) is 9.92. The molecule has 0 aromatic heterocycles. The highest BCUT2D eigenvalue weighted by Gasteiger charge is 2.37. The van der Waals surface area contributed by atoms with Crippen molar-refractivity contribution in [2.24, 2.45) is 5.92 Å². The van der Waals surface area contributed by atoms with Crippen molar-refractivity contribution in [3.8, 4) is 0 Å². The van der Waals surface area contributed by atoms with E-state index >= 15 is 0 Å². The van der Waals surface area contributed by atoms with Crippen molar-refractivity contribution >= 4 is 5.91 Å². The molecule has 0 aliphatic carbocycles. The number of amides is 1. The number of hydrogen-bond donors (Lipinski definition) is 1. The summed E-state index contributed by atoms with van der Waals surface area (Å²) in [7, 11) is 0. The quantitative estimate of drug-likeness (QED) is 0.136. The molecular formula is C22H28F5NO2. The minimum absolute atomic E-state index is 0.145. The monoisotopic (exact) mass is 433 g/mol. The van der Waals surface area contributed by atoms with Crippen molar-refractivity contribution in [2.45, 2.75) is 52.1 Å². The molecule has 0 atom stereocenters. The molecule has 0 aliphatic rings. The predicted molar refractivity (Wildman–Crippen MR) is 105 cm³/mol. The van der Waals surface area contributed by atoms with E-state index in [0.29, 0.717) is 37.4 Å². The molecule has 3 nitrogen and oxygen atoms in total. The second-order valence-corrected chi connectivity index (χ2v) is 7.22. The van der Waals surface area contributed by atoms with Crippen LogP contribution in [-0.4, -0.2) is 19.1 Å². The molecule has 1 rings (SSSR count). The van der Waals surface area contributed by atoms with E-state index in [-0.39, 0.29) is 12.5 Å². The largest absolute Gasteiger partial charge is 0.386 e. The molecule has 0 saturated carbocycles. The van der Waals surface area contributed by atoms with Gasteiger partial charge in [0.05, 0.1) is 12.2 Å². The zero-order valence-corrected chi connectivity index (χ0v) is 17.2. The van der Waals surface area contributed by atoms with Crippen molar-refractivity contribution in [1.82, 2.24) is 5.32 Å². The summed E-state index contributed by atoms with van der Waals surface area (Å²) >= 11 is 0. The van der Waals surface area contributed by atoms with Gasteiger partial charge in [0.25, 0.3) is 0 Å². The van der Waals surface area contributed by atoms with Crippen molar-refractivity contribution in [1.29, 1.82) is 0 Å². The SMILES string of the molecule is CC(C)CNC(=O)/C=C/C=C/CCCCCCOC(F)(F)c1ccc(F)c(F)c1F. The lowest BCUT2D eigenvalue weighted by Crippen LogP contribution is -2.25. The van der Waals surface area contributed by atoms with Gasteiger partial charge in [0, 0.05) is 12.6 Å². The van der Waals surface area contributed by atoms with Gasteiger partial charge < -0.3 is 10.1 Å². The fraction of sp³-hybridized carbons (Fsp3) is 0.500.